The van der Waals surface area contributed by atoms with Crippen molar-refractivity contribution in [3.63, 3.8) is 0 Å². The fourth-order valence-electron chi connectivity index (χ4n) is 1.92. The summed E-state index contributed by atoms with van der Waals surface area (Å²) in [4.78, 5) is -0.00119. The van der Waals surface area contributed by atoms with E-state index in [0.717, 1.165) is 18.2 Å². The van der Waals surface area contributed by atoms with E-state index < -0.39 is 21.7 Å². The Balaban J connectivity index is 1.95. The SMILES string of the molecule is Cc1cc(F)ccc1S(=O)(=O)NCCOc1ccc(F)cc1Cl. The largest absolute Gasteiger partial charge is 0.491 e. The molecule has 0 amide bonds. The van der Waals surface area contributed by atoms with Crippen LogP contribution in [0.2, 0.25) is 5.02 Å². The van der Waals surface area contributed by atoms with Gasteiger partial charge in [0.1, 0.15) is 24.0 Å². The Labute approximate surface area is 138 Å². The minimum atomic E-state index is -3.77. The van der Waals surface area contributed by atoms with Crippen molar-refractivity contribution in [2.75, 3.05) is 13.2 Å². The molecule has 0 aliphatic rings. The topological polar surface area (TPSA) is 55.4 Å². The minimum Gasteiger partial charge on any atom is -0.491 e. The maximum Gasteiger partial charge on any atom is 0.240 e. The molecule has 1 N–H and O–H groups in total. The molecule has 0 saturated carbocycles. The predicted octanol–water partition coefficient (Wildman–Crippen LogP) is 3.28. The van der Waals surface area contributed by atoms with Gasteiger partial charge >= 0.3 is 0 Å². The highest BCUT2D eigenvalue weighted by molar-refractivity contribution is 7.89. The summed E-state index contributed by atoms with van der Waals surface area (Å²) in [6, 6.07) is 7.07. The van der Waals surface area contributed by atoms with Crippen LogP contribution < -0.4 is 9.46 Å². The third kappa shape index (κ3) is 4.63. The van der Waals surface area contributed by atoms with E-state index in [1.807, 2.05) is 0 Å². The molecule has 23 heavy (non-hydrogen) atoms. The summed E-state index contributed by atoms with van der Waals surface area (Å²) in [6.45, 7) is 1.49. The van der Waals surface area contributed by atoms with E-state index in [9.17, 15) is 17.2 Å². The van der Waals surface area contributed by atoms with Crippen LogP contribution in [-0.2, 0) is 10.0 Å². The summed E-state index contributed by atoms with van der Waals surface area (Å²) < 4.78 is 57.8. The molecule has 2 aromatic rings. The van der Waals surface area contributed by atoms with Gasteiger partial charge in [0, 0.05) is 6.54 Å². The summed E-state index contributed by atoms with van der Waals surface area (Å²) in [6.07, 6.45) is 0. The number of rotatable bonds is 6. The van der Waals surface area contributed by atoms with Crippen molar-refractivity contribution in [1.29, 1.82) is 0 Å². The van der Waals surface area contributed by atoms with Crippen LogP contribution >= 0.6 is 11.6 Å². The lowest BCUT2D eigenvalue weighted by Crippen LogP contribution is -2.28. The van der Waals surface area contributed by atoms with Crippen LogP contribution in [-0.4, -0.2) is 21.6 Å². The first-order chi connectivity index (χ1) is 10.8. The molecule has 0 spiro atoms. The Morgan fingerprint density at radius 2 is 1.78 bits per heavy atom. The molecule has 0 bridgehead atoms. The minimum absolute atomic E-state index is 0.00119. The Kier molecular flexibility index (Phi) is 5.56. The van der Waals surface area contributed by atoms with Gasteiger partial charge in [-0.05, 0) is 48.9 Å². The summed E-state index contributed by atoms with van der Waals surface area (Å²) in [5, 5.41) is 0.0993. The summed E-state index contributed by atoms with van der Waals surface area (Å²) in [5.41, 5.74) is 0.306. The zero-order chi connectivity index (χ0) is 17.0. The van der Waals surface area contributed by atoms with Crippen LogP contribution in [0, 0.1) is 18.6 Å². The van der Waals surface area contributed by atoms with Crippen LogP contribution in [0.25, 0.3) is 0 Å². The molecule has 0 fully saturated rings. The van der Waals surface area contributed by atoms with Gasteiger partial charge in [-0.3, -0.25) is 0 Å². The van der Waals surface area contributed by atoms with Crippen LogP contribution in [0.15, 0.2) is 41.3 Å². The van der Waals surface area contributed by atoms with Gasteiger partial charge in [-0.15, -0.1) is 0 Å². The number of aryl methyl sites for hydroxylation is 1. The second-order valence-electron chi connectivity index (χ2n) is 4.73. The van der Waals surface area contributed by atoms with Crippen molar-refractivity contribution in [2.24, 2.45) is 0 Å². The molecule has 0 aromatic heterocycles. The Bertz CT molecular complexity index is 812. The summed E-state index contributed by atoms with van der Waals surface area (Å²) in [5.74, 6) is -0.740. The Morgan fingerprint density at radius 1 is 1.13 bits per heavy atom. The molecule has 0 aliphatic carbocycles. The molecular formula is C15H14ClF2NO3S. The van der Waals surface area contributed by atoms with Gasteiger partial charge in [-0.2, -0.15) is 0 Å². The van der Waals surface area contributed by atoms with Crippen molar-refractivity contribution in [1.82, 2.24) is 4.72 Å². The number of hydrogen-bond donors (Lipinski definition) is 1. The van der Waals surface area contributed by atoms with E-state index >= 15 is 0 Å². The average molecular weight is 362 g/mol. The van der Waals surface area contributed by atoms with Gasteiger partial charge in [0.25, 0.3) is 0 Å². The number of ether oxygens (including phenoxy) is 1. The first kappa shape index (κ1) is 17.7. The maximum absolute atomic E-state index is 13.0. The molecule has 0 unspecified atom stereocenters. The molecule has 0 saturated heterocycles. The number of halogens is 3. The molecular weight excluding hydrogens is 348 g/mol. The van der Waals surface area contributed by atoms with Crippen molar-refractivity contribution in [3.8, 4) is 5.75 Å². The van der Waals surface area contributed by atoms with Gasteiger partial charge in [0.2, 0.25) is 10.0 Å². The fraction of sp³-hybridized carbons (Fsp3) is 0.200. The van der Waals surface area contributed by atoms with Crippen molar-refractivity contribution in [3.05, 3.63) is 58.6 Å². The molecule has 2 rings (SSSR count). The third-order valence-corrected chi connectivity index (χ3v) is 4.89. The van der Waals surface area contributed by atoms with Crippen molar-refractivity contribution < 1.29 is 21.9 Å². The lowest BCUT2D eigenvalue weighted by Gasteiger charge is -2.11. The number of sulfonamides is 1. The zero-order valence-electron chi connectivity index (χ0n) is 12.1. The average Bonchev–Trinajstić information content (AvgIpc) is 2.45. The molecule has 0 atom stereocenters. The number of nitrogens with one attached hydrogen (secondary N) is 1. The number of benzene rings is 2. The molecule has 0 heterocycles. The standard InChI is InChI=1S/C15H14ClF2NO3S/c1-10-8-11(17)3-5-15(10)23(20,21)19-6-7-22-14-4-2-12(18)9-13(14)16/h2-5,8-9,19H,6-7H2,1H3. The van der Waals surface area contributed by atoms with Gasteiger partial charge in [0.15, 0.2) is 0 Å². The highest BCUT2D eigenvalue weighted by Gasteiger charge is 2.16. The zero-order valence-corrected chi connectivity index (χ0v) is 13.7. The van der Waals surface area contributed by atoms with Crippen LogP contribution in [0.4, 0.5) is 8.78 Å². The van der Waals surface area contributed by atoms with E-state index in [0.29, 0.717) is 5.56 Å². The van der Waals surface area contributed by atoms with E-state index in [2.05, 4.69) is 4.72 Å². The third-order valence-electron chi connectivity index (χ3n) is 2.97. The normalized spacial score (nSPS) is 11.5. The molecule has 0 aliphatic heterocycles. The quantitative estimate of drug-likeness (QED) is 0.803. The smallest absolute Gasteiger partial charge is 0.240 e. The fourth-order valence-corrected chi connectivity index (χ4v) is 3.38. The molecule has 0 radical (unpaired) electrons. The predicted molar refractivity (Wildman–Crippen MR) is 83.2 cm³/mol. The number of hydrogen-bond acceptors (Lipinski definition) is 3. The van der Waals surface area contributed by atoms with Crippen LogP contribution in [0.5, 0.6) is 5.75 Å². The summed E-state index contributed by atoms with van der Waals surface area (Å²) in [7, 11) is -3.77. The van der Waals surface area contributed by atoms with Gasteiger partial charge in [0.05, 0.1) is 9.92 Å². The summed E-state index contributed by atoms with van der Waals surface area (Å²) >= 11 is 5.79. The van der Waals surface area contributed by atoms with E-state index in [1.165, 1.54) is 25.1 Å². The van der Waals surface area contributed by atoms with Gasteiger partial charge < -0.3 is 4.74 Å². The lowest BCUT2D eigenvalue weighted by atomic mass is 10.2. The molecule has 2 aromatic carbocycles. The first-order valence-electron chi connectivity index (χ1n) is 6.63. The van der Waals surface area contributed by atoms with Crippen molar-refractivity contribution in [2.45, 2.75) is 11.8 Å². The van der Waals surface area contributed by atoms with E-state index in [-0.39, 0.29) is 28.8 Å². The molecule has 124 valence electrons. The monoisotopic (exact) mass is 361 g/mol. The highest BCUT2D eigenvalue weighted by atomic mass is 35.5. The molecule has 8 heteroatoms. The second-order valence-corrected chi connectivity index (χ2v) is 6.87. The highest BCUT2D eigenvalue weighted by Crippen LogP contribution is 2.24. The van der Waals surface area contributed by atoms with Gasteiger partial charge in [-0.25, -0.2) is 21.9 Å². The van der Waals surface area contributed by atoms with E-state index in [4.69, 9.17) is 16.3 Å². The van der Waals surface area contributed by atoms with Crippen LogP contribution in [0.1, 0.15) is 5.56 Å². The van der Waals surface area contributed by atoms with Crippen LogP contribution in [0.3, 0.4) is 0 Å². The molecule has 4 nitrogen and oxygen atoms in total. The van der Waals surface area contributed by atoms with Crippen molar-refractivity contribution >= 4 is 21.6 Å². The maximum atomic E-state index is 13.0. The van der Waals surface area contributed by atoms with Gasteiger partial charge in [-0.1, -0.05) is 11.6 Å². The van der Waals surface area contributed by atoms with E-state index in [1.54, 1.807) is 0 Å². The lowest BCUT2D eigenvalue weighted by molar-refractivity contribution is 0.322. The second kappa shape index (κ2) is 7.25. The Morgan fingerprint density at radius 3 is 2.43 bits per heavy atom. The Hall–Kier alpha value is -1.70. The first-order valence-corrected chi connectivity index (χ1v) is 8.49.